The number of para-hydroxylation sites is 1. The summed E-state index contributed by atoms with van der Waals surface area (Å²) < 4.78 is 31.3. The molecule has 2 aromatic carbocycles. The number of aromatic nitrogens is 1. The Balaban J connectivity index is 1.53. The van der Waals surface area contributed by atoms with Gasteiger partial charge in [-0.3, -0.25) is 5.14 Å². The Bertz CT molecular complexity index is 937. The molecule has 0 spiro atoms. The lowest BCUT2D eigenvalue weighted by Crippen LogP contribution is -2.23. The number of H-pyrrole nitrogens is 1. The van der Waals surface area contributed by atoms with Crippen LogP contribution in [0.25, 0.3) is 10.9 Å². The number of rotatable bonds is 3. The Morgan fingerprint density at radius 2 is 1.73 bits per heavy atom. The van der Waals surface area contributed by atoms with Crippen molar-refractivity contribution in [2.24, 2.45) is 9.50 Å². The highest BCUT2D eigenvalue weighted by Gasteiger charge is 2.35. The van der Waals surface area contributed by atoms with Crippen molar-refractivity contribution in [2.45, 2.75) is 42.4 Å². The largest absolute Gasteiger partial charge is 0.359 e. The van der Waals surface area contributed by atoms with Crippen LogP contribution in [0.3, 0.4) is 0 Å². The van der Waals surface area contributed by atoms with Crippen LogP contribution >= 0.6 is 0 Å². The average Bonchev–Trinajstić information content (AvgIpc) is 3.05. The number of alkyl halides is 2. The first-order chi connectivity index (χ1) is 12.5. The fraction of sp³-hybridized carbons (Fsp3) is 0.300. The summed E-state index contributed by atoms with van der Waals surface area (Å²) in [7, 11) is -0.759. The van der Waals surface area contributed by atoms with E-state index in [0.29, 0.717) is 12.8 Å². The van der Waals surface area contributed by atoms with Gasteiger partial charge in [0.1, 0.15) is 0 Å². The maximum absolute atomic E-state index is 13.3. The van der Waals surface area contributed by atoms with Crippen molar-refractivity contribution in [3.63, 3.8) is 0 Å². The summed E-state index contributed by atoms with van der Waals surface area (Å²) in [6, 6.07) is 16.0. The zero-order chi connectivity index (χ0) is 18.1. The number of hydrogen-bond donors (Lipinski definition) is 2. The molecule has 1 aromatic heterocycles. The Labute approximate surface area is 153 Å². The minimum atomic E-state index is -2.49. The fourth-order valence-electron chi connectivity index (χ4n) is 3.54. The van der Waals surface area contributed by atoms with Gasteiger partial charge in [-0.1, -0.05) is 30.3 Å². The topological polar surface area (TPSA) is 54.2 Å². The SMILES string of the molecule is NS(=Nc1c[nH]c2ccccc12)c1ccc(C2CCC(F)(F)CC2)cc1. The molecule has 136 valence electrons. The van der Waals surface area contributed by atoms with Gasteiger partial charge in [0.2, 0.25) is 5.92 Å². The highest BCUT2D eigenvalue weighted by molar-refractivity contribution is 7.85. The second kappa shape index (κ2) is 6.93. The molecule has 0 saturated heterocycles. The van der Waals surface area contributed by atoms with Crippen LogP contribution in [-0.4, -0.2) is 10.9 Å². The van der Waals surface area contributed by atoms with Gasteiger partial charge in [0.25, 0.3) is 0 Å². The van der Waals surface area contributed by atoms with E-state index in [2.05, 4.69) is 9.35 Å². The molecule has 0 aliphatic heterocycles. The van der Waals surface area contributed by atoms with Crippen LogP contribution in [0.1, 0.15) is 37.2 Å². The standard InChI is InChI=1S/C20H21F2N3S/c21-20(22)11-9-15(10-12-20)14-5-7-16(8-6-14)26(23)25-19-13-24-18-4-2-1-3-17(18)19/h1-8,13,15,24H,9-12H2,(H2,23,25). The molecule has 4 rings (SSSR count). The molecule has 0 bridgehead atoms. The Hall–Kier alpha value is -2.05. The van der Waals surface area contributed by atoms with E-state index >= 15 is 0 Å². The maximum Gasteiger partial charge on any atom is 0.248 e. The van der Waals surface area contributed by atoms with Gasteiger partial charge < -0.3 is 4.98 Å². The molecular weight excluding hydrogens is 352 g/mol. The van der Waals surface area contributed by atoms with E-state index in [1.165, 1.54) is 0 Å². The second-order valence-electron chi connectivity index (χ2n) is 6.82. The highest BCUT2D eigenvalue weighted by atomic mass is 32.2. The minimum absolute atomic E-state index is 0.0173. The molecule has 3 nitrogen and oxygen atoms in total. The number of halogens is 2. The van der Waals surface area contributed by atoms with Gasteiger partial charge in [-0.05, 0) is 42.5 Å². The molecule has 1 aliphatic carbocycles. The lowest BCUT2D eigenvalue weighted by molar-refractivity contribution is -0.0382. The van der Waals surface area contributed by atoms with Crippen molar-refractivity contribution >= 4 is 27.5 Å². The molecule has 0 amide bonds. The van der Waals surface area contributed by atoms with Crippen LogP contribution in [0.4, 0.5) is 14.5 Å². The quantitative estimate of drug-likeness (QED) is 0.596. The van der Waals surface area contributed by atoms with Gasteiger partial charge in [0.05, 0.1) is 5.69 Å². The first kappa shape index (κ1) is 17.4. The van der Waals surface area contributed by atoms with Gasteiger partial charge in [-0.2, -0.15) is 0 Å². The molecule has 3 N–H and O–H groups in total. The summed E-state index contributed by atoms with van der Waals surface area (Å²) in [4.78, 5) is 4.14. The zero-order valence-electron chi connectivity index (χ0n) is 14.3. The summed E-state index contributed by atoms with van der Waals surface area (Å²) in [5, 5.41) is 7.34. The average molecular weight is 373 g/mol. The van der Waals surface area contributed by atoms with E-state index in [1.54, 1.807) is 0 Å². The summed E-state index contributed by atoms with van der Waals surface area (Å²) >= 11 is 0. The molecule has 6 heteroatoms. The number of nitrogens with zero attached hydrogens (tertiary/aromatic N) is 1. The summed E-state index contributed by atoms with van der Waals surface area (Å²) in [6.45, 7) is 0. The fourth-order valence-corrected chi connectivity index (χ4v) is 4.43. The molecule has 26 heavy (non-hydrogen) atoms. The first-order valence-corrected chi connectivity index (χ1v) is 10.0. The van der Waals surface area contributed by atoms with Crippen LogP contribution in [0.5, 0.6) is 0 Å². The molecule has 1 fully saturated rings. The predicted molar refractivity (Wildman–Crippen MR) is 103 cm³/mol. The number of nitrogens with two attached hydrogens (primary N) is 1. The van der Waals surface area contributed by atoms with Gasteiger partial charge in [0, 0.05) is 45.7 Å². The van der Waals surface area contributed by atoms with Crippen LogP contribution in [-0.2, 0) is 10.9 Å². The normalized spacial score (nSPS) is 19.0. The van der Waals surface area contributed by atoms with Crippen molar-refractivity contribution in [3.05, 3.63) is 60.3 Å². The smallest absolute Gasteiger partial charge is 0.248 e. The van der Waals surface area contributed by atoms with Crippen molar-refractivity contribution in [3.8, 4) is 0 Å². The number of fused-ring (bicyclic) bond motifs is 1. The summed E-state index contributed by atoms with van der Waals surface area (Å²) in [5.41, 5.74) is 3.01. The lowest BCUT2D eigenvalue weighted by atomic mass is 9.82. The van der Waals surface area contributed by atoms with Crippen molar-refractivity contribution in [2.75, 3.05) is 0 Å². The van der Waals surface area contributed by atoms with Crippen molar-refractivity contribution < 1.29 is 8.78 Å². The molecule has 1 aliphatic rings. The maximum atomic E-state index is 13.3. The van der Waals surface area contributed by atoms with Crippen LogP contribution < -0.4 is 5.14 Å². The molecule has 1 atom stereocenters. The summed E-state index contributed by atoms with van der Waals surface area (Å²) in [6.07, 6.45) is 2.92. The monoisotopic (exact) mass is 373 g/mol. The van der Waals surface area contributed by atoms with E-state index in [-0.39, 0.29) is 18.8 Å². The second-order valence-corrected chi connectivity index (χ2v) is 8.11. The van der Waals surface area contributed by atoms with Gasteiger partial charge in [-0.25, -0.2) is 13.1 Å². The van der Waals surface area contributed by atoms with Crippen LogP contribution in [0, 0.1) is 0 Å². The Morgan fingerprint density at radius 1 is 1.04 bits per heavy atom. The number of nitrogens with one attached hydrogen (secondary N) is 1. The number of aromatic amines is 1. The van der Waals surface area contributed by atoms with Gasteiger partial charge in [0.15, 0.2) is 0 Å². The van der Waals surface area contributed by atoms with E-state index in [0.717, 1.165) is 27.0 Å². The first-order valence-electron chi connectivity index (χ1n) is 8.76. The van der Waals surface area contributed by atoms with E-state index in [1.807, 2.05) is 54.7 Å². The minimum Gasteiger partial charge on any atom is -0.359 e. The Morgan fingerprint density at radius 3 is 2.46 bits per heavy atom. The van der Waals surface area contributed by atoms with Crippen molar-refractivity contribution in [1.29, 1.82) is 0 Å². The van der Waals surface area contributed by atoms with Crippen LogP contribution in [0.2, 0.25) is 0 Å². The highest BCUT2D eigenvalue weighted by Crippen LogP contribution is 2.40. The molecule has 1 saturated carbocycles. The van der Waals surface area contributed by atoms with Gasteiger partial charge in [-0.15, -0.1) is 0 Å². The van der Waals surface area contributed by atoms with E-state index < -0.39 is 16.8 Å². The zero-order valence-corrected chi connectivity index (χ0v) is 15.1. The van der Waals surface area contributed by atoms with Crippen molar-refractivity contribution in [1.82, 2.24) is 4.98 Å². The van der Waals surface area contributed by atoms with E-state index in [9.17, 15) is 8.78 Å². The third-order valence-corrected chi connectivity index (χ3v) is 6.22. The summed E-state index contributed by atoms with van der Waals surface area (Å²) in [5.74, 6) is -2.27. The van der Waals surface area contributed by atoms with Gasteiger partial charge >= 0.3 is 0 Å². The third-order valence-electron chi connectivity index (χ3n) is 5.07. The number of hydrogen-bond acceptors (Lipinski definition) is 1. The van der Waals surface area contributed by atoms with Crippen LogP contribution in [0.15, 0.2) is 64.0 Å². The molecule has 0 radical (unpaired) electrons. The molecule has 1 heterocycles. The predicted octanol–water partition coefficient (Wildman–Crippen LogP) is 5.83. The third kappa shape index (κ3) is 3.57. The molecule has 3 aromatic rings. The van der Waals surface area contributed by atoms with E-state index in [4.69, 9.17) is 5.14 Å². The molecular formula is C20H21F2N3S. The molecule has 1 unspecified atom stereocenters. The number of benzene rings is 2. The Kier molecular flexibility index (Phi) is 4.63. The lowest BCUT2D eigenvalue weighted by Gasteiger charge is -2.28.